The average molecular weight is 685 g/mol. The van der Waals surface area contributed by atoms with Crippen LogP contribution in [-0.4, -0.2) is 36.4 Å². The highest BCUT2D eigenvalue weighted by Gasteiger charge is 2.16. The highest BCUT2D eigenvalue weighted by molar-refractivity contribution is 5.70. The normalized spacial score (nSPS) is 12.8. The molecule has 0 aromatic heterocycles. The molecular weight excluding hydrogens is 608 g/mol. The Hall–Kier alpha value is -2.40. The van der Waals surface area contributed by atoms with Gasteiger partial charge in [0.1, 0.15) is 6.61 Å². The summed E-state index contributed by atoms with van der Waals surface area (Å²) in [6.45, 7) is 4.00. The zero-order valence-electron chi connectivity index (χ0n) is 31.9. The summed E-state index contributed by atoms with van der Waals surface area (Å²) in [5, 5.41) is 9.56. The van der Waals surface area contributed by atoms with Crippen molar-refractivity contribution in [3.63, 3.8) is 0 Å². The van der Waals surface area contributed by atoms with Gasteiger partial charge in [-0.25, -0.2) is 0 Å². The Labute approximate surface area is 302 Å². The lowest BCUT2D eigenvalue weighted by Gasteiger charge is -2.15. The Morgan fingerprint density at radius 2 is 0.878 bits per heavy atom. The minimum absolute atomic E-state index is 0.0794. The molecule has 0 fully saturated rings. The Bertz CT molecular complexity index is 869. The molecular formula is C44H76O5. The molecule has 0 spiro atoms. The third-order valence-electron chi connectivity index (χ3n) is 8.58. The van der Waals surface area contributed by atoms with Crippen molar-refractivity contribution in [3.8, 4) is 0 Å². The molecule has 0 rings (SSSR count). The highest BCUT2D eigenvalue weighted by atomic mass is 16.6. The molecule has 0 heterocycles. The van der Waals surface area contributed by atoms with Crippen LogP contribution in [-0.2, 0) is 19.1 Å². The van der Waals surface area contributed by atoms with Crippen molar-refractivity contribution in [3.05, 3.63) is 60.8 Å². The lowest BCUT2D eigenvalue weighted by molar-refractivity contribution is -0.161. The van der Waals surface area contributed by atoms with E-state index in [1.54, 1.807) is 0 Å². The van der Waals surface area contributed by atoms with Crippen LogP contribution in [0.3, 0.4) is 0 Å². The summed E-state index contributed by atoms with van der Waals surface area (Å²) >= 11 is 0. The smallest absolute Gasteiger partial charge is 0.306 e. The summed E-state index contributed by atoms with van der Waals surface area (Å²) in [6.07, 6.45) is 51.4. The van der Waals surface area contributed by atoms with E-state index in [9.17, 15) is 14.7 Å². The zero-order valence-corrected chi connectivity index (χ0v) is 31.9. The first kappa shape index (κ1) is 46.6. The molecule has 0 aromatic carbocycles. The lowest BCUT2D eigenvalue weighted by Crippen LogP contribution is -2.28. The van der Waals surface area contributed by atoms with Gasteiger partial charge < -0.3 is 14.6 Å². The number of hydrogen-bond donors (Lipinski definition) is 1. The second-order valence-electron chi connectivity index (χ2n) is 13.3. The number of ether oxygens (including phenoxy) is 2. The molecule has 0 aliphatic heterocycles. The fourth-order valence-electron chi connectivity index (χ4n) is 5.52. The third-order valence-corrected chi connectivity index (χ3v) is 8.58. The van der Waals surface area contributed by atoms with Crippen LogP contribution >= 0.6 is 0 Å². The van der Waals surface area contributed by atoms with Gasteiger partial charge in [0.15, 0.2) is 6.10 Å². The maximum absolute atomic E-state index is 12.2. The number of esters is 2. The van der Waals surface area contributed by atoms with Crippen LogP contribution in [0.1, 0.15) is 187 Å². The standard InChI is InChI=1S/C44H76O5/c1-3-5-7-9-11-13-15-17-19-21-22-23-25-27-29-31-33-35-37-39-44(47)49-42(40-45)41-48-43(46)38-36-34-32-30-28-26-24-20-18-16-14-12-10-8-6-4-2/h5,7,11,13,17,19,22-23,27,29,42,45H,3-4,6,8-10,12,14-16,18,20-21,24-26,28,30-41H2,1-2H3/b7-5+,13-11+,19-17+,23-22+,29-27+/t42-/m0/s1. The molecule has 5 heteroatoms. The van der Waals surface area contributed by atoms with E-state index >= 15 is 0 Å². The van der Waals surface area contributed by atoms with E-state index in [0.717, 1.165) is 77.0 Å². The first-order chi connectivity index (χ1) is 24.1. The van der Waals surface area contributed by atoms with E-state index in [2.05, 4.69) is 74.6 Å². The monoisotopic (exact) mass is 685 g/mol. The van der Waals surface area contributed by atoms with Gasteiger partial charge in [0.25, 0.3) is 0 Å². The van der Waals surface area contributed by atoms with Crippen molar-refractivity contribution in [2.45, 2.75) is 193 Å². The van der Waals surface area contributed by atoms with Crippen molar-refractivity contribution in [1.82, 2.24) is 0 Å². The van der Waals surface area contributed by atoms with Gasteiger partial charge in [-0.2, -0.15) is 0 Å². The fourth-order valence-corrected chi connectivity index (χ4v) is 5.52. The van der Waals surface area contributed by atoms with Crippen LogP contribution in [0.2, 0.25) is 0 Å². The summed E-state index contributed by atoms with van der Waals surface area (Å²) in [4.78, 5) is 24.3. The molecule has 0 aromatic rings. The molecule has 0 radical (unpaired) electrons. The Kier molecular flexibility index (Phi) is 38.1. The van der Waals surface area contributed by atoms with Crippen molar-refractivity contribution < 1.29 is 24.2 Å². The van der Waals surface area contributed by atoms with Crippen molar-refractivity contribution in [1.29, 1.82) is 0 Å². The second kappa shape index (κ2) is 40.0. The maximum atomic E-state index is 12.2. The van der Waals surface area contributed by atoms with E-state index in [0.29, 0.717) is 12.8 Å². The minimum atomic E-state index is -0.788. The molecule has 282 valence electrons. The number of carbonyl (C=O) groups excluding carboxylic acids is 2. The number of hydrogen-bond acceptors (Lipinski definition) is 5. The quantitative estimate of drug-likeness (QED) is 0.0404. The van der Waals surface area contributed by atoms with E-state index in [1.165, 1.54) is 83.5 Å². The summed E-state index contributed by atoms with van der Waals surface area (Å²) in [5.74, 6) is -0.627. The van der Waals surface area contributed by atoms with Crippen LogP contribution in [0.15, 0.2) is 60.8 Å². The summed E-state index contributed by atoms with van der Waals surface area (Å²) in [5.41, 5.74) is 0. The topological polar surface area (TPSA) is 72.8 Å². The summed E-state index contributed by atoms with van der Waals surface area (Å²) in [7, 11) is 0. The van der Waals surface area contributed by atoms with Gasteiger partial charge in [-0.15, -0.1) is 0 Å². The van der Waals surface area contributed by atoms with Gasteiger partial charge >= 0.3 is 11.9 Å². The number of aliphatic hydroxyl groups is 1. The average Bonchev–Trinajstić information content (AvgIpc) is 3.10. The predicted octanol–water partition coefficient (Wildman–Crippen LogP) is 12.8. The lowest BCUT2D eigenvalue weighted by atomic mass is 10.0. The Balaban J connectivity index is 3.62. The Morgan fingerprint density at radius 1 is 0.490 bits per heavy atom. The predicted molar refractivity (Wildman–Crippen MR) is 210 cm³/mol. The van der Waals surface area contributed by atoms with Crippen molar-refractivity contribution >= 4 is 11.9 Å². The van der Waals surface area contributed by atoms with E-state index < -0.39 is 6.10 Å². The van der Waals surface area contributed by atoms with Crippen LogP contribution in [0.5, 0.6) is 0 Å². The maximum Gasteiger partial charge on any atom is 0.306 e. The summed E-state index contributed by atoms with van der Waals surface area (Å²) < 4.78 is 10.6. The van der Waals surface area contributed by atoms with Gasteiger partial charge in [-0.05, 0) is 57.8 Å². The van der Waals surface area contributed by atoms with E-state index in [-0.39, 0.29) is 25.2 Å². The molecule has 0 aliphatic rings. The van der Waals surface area contributed by atoms with Crippen LogP contribution in [0.4, 0.5) is 0 Å². The van der Waals surface area contributed by atoms with Crippen LogP contribution in [0, 0.1) is 0 Å². The fraction of sp³-hybridized carbons (Fsp3) is 0.727. The van der Waals surface area contributed by atoms with Gasteiger partial charge in [-0.3, -0.25) is 9.59 Å². The second-order valence-corrected chi connectivity index (χ2v) is 13.3. The van der Waals surface area contributed by atoms with Gasteiger partial charge in [0, 0.05) is 12.8 Å². The molecule has 0 unspecified atom stereocenters. The van der Waals surface area contributed by atoms with Crippen molar-refractivity contribution in [2.24, 2.45) is 0 Å². The molecule has 5 nitrogen and oxygen atoms in total. The number of aliphatic hydroxyl groups excluding tert-OH is 1. The minimum Gasteiger partial charge on any atom is -0.462 e. The van der Waals surface area contributed by atoms with Crippen molar-refractivity contribution in [2.75, 3.05) is 13.2 Å². The largest absolute Gasteiger partial charge is 0.462 e. The van der Waals surface area contributed by atoms with Gasteiger partial charge in [0.2, 0.25) is 0 Å². The molecule has 49 heavy (non-hydrogen) atoms. The first-order valence-corrected chi connectivity index (χ1v) is 20.3. The van der Waals surface area contributed by atoms with E-state index in [1.807, 2.05) is 0 Å². The molecule has 0 saturated heterocycles. The van der Waals surface area contributed by atoms with Gasteiger partial charge in [0.05, 0.1) is 6.61 Å². The number of allylic oxidation sites excluding steroid dienone is 10. The third kappa shape index (κ3) is 38.3. The highest BCUT2D eigenvalue weighted by Crippen LogP contribution is 2.14. The number of carbonyl (C=O) groups is 2. The Morgan fingerprint density at radius 3 is 1.33 bits per heavy atom. The molecule has 0 amide bonds. The van der Waals surface area contributed by atoms with Gasteiger partial charge in [-0.1, -0.05) is 177 Å². The number of rotatable bonds is 36. The molecule has 0 bridgehead atoms. The van der Waals surface area contributed by atoms with Crippen LogP contribution < -0.4 is 0 Å². The first-order valence-electron chi connectivity index (χ1n) is 20.3. The number of unbranched alkanes of at least 4 members (excludes halogenated alkanes) is 18. The zero-order chi connectivity index (χ0) is 35.7. The molecule has 0 aliphatic carbocycles. The molecule has 0 saturated carbocycles. The molecule has 1 atom stereocenters. The SMILES string of the molecule is CC/C=C/C/C=C/C/C=C/C/C=C/C/C=C/CCCCCC(=O)O[C@@H](CO)COC(=O)CCCCCCCCCCCCCCCCCC. The van der Waals surface area contributed by atoms with E-state index in [4.69, 9.17) is 9.47 Å². The summed E-state index contributed by atoms with van der Waals surface area (Å²) in [6, 6.07) is 0. The van der Waals surface area contributed by atoms with Crippen LogP contribution in [0.25, 0.3) is 0 Å². The molecule has 1 N–H and O–H groups in total.